The van der Waals surface area contributed by atoms with Gasteiger partial charge in [0.1, 0.15) is 3.70 Å². The summed E-state index contributed by atoms with van der Waals surface area (Å²) in [6.07, 6.45) is 1.52. The van der Waals surface area contributed by atoms with E-state index in [-0.39, 0.29) is 12.5 Å². The first-order valence-electron chi connectivity index (χ1n) is 4.48. The molecule has 0 unspecified atom stereocenters. The average Bonchev–Trinajstić information content (AvgIpc) is 2.47. The maximum Gasteiger partial charge on any atom is 0.256 e. The second kappa shape index (κ2) is 4.48. The van der Waals surface area contributed by atoms with E-state index in [4.69, 9.17) is 5.11 Å². The molecule has 2 N–H and O–H groups in total. The topological polar surface area (TPSA) is 67.2 Å². The molecular weight excluding hydrogens is 309 g/mol. The van der Waals surface area contributed by atoms with Gasteiger partial charge < -0.3 is 10.4 Å². The lowest BCUT2D eigenvalue weighted by Crippen LogP contribution is -2.46. The first kappa shape index (κ1) is 12.4. The van der Waals surface area contributed by atoms with Crippen LogP contribution in [0.2, 0.25) is 0 Å². The van der Waals surface area contributed by atoms with Gasteiger partial charge in [0.25, 0.3) is 5.91 Å². The van der Waals surface area contributed by atoms with E-state index < -0.39 is 5.54 Å². The predicted molar refractivity (Wildman–Crippen MR) is 64.6 cm³/mol. The van der Waals surface area contributed by atoms with Crippen molar-refractivity contribution in [2.75, 3.05) is 6.61 Å². The Kier molecular flexibility index (Phi) is 3.72. The number of aromatic nitrogens is 2. The molecule has 5 nitrogen and oxygen atoms in total. The Morgan fingerprint density at radius 3 is 2.73 bits per heavy atom. The number of hydrogen-bond acceptors (Lipinski definition) is 3. The minimum atomic E-state index is -0.615. The zero-order valence-electron chi connectivity index (χ0n) is 8.91. The monoisotopic (exact) mass is 323 g/mol. The minimum Gasteiger partial charge on any atom is -0.394 e. The fourth-order valence-corrected chi connectivity index (χ4v) is 1.50. The first-order valence-corrected chi connectivity index (χ1v) is 5.56. The smallest absolute Gasteiger partial charge is 0.256 e. The van der Waals surface area contributed by atoms with Gasteiger partial charge in [-0.05, 0) is 36.4 Å². The van der Waals surface area contributed by atoms with Gasteiger partial charge in [-0.3, -0.25) is 9.48 Å². The highest BCUT2D eigenvalue weighted by Gasteiger charge is 2.22. The summed E-state index contributed by atoms with van der Waals surface area (Å²) in [6, 6.07) is 0. The lowest BCUT2D eigenvalue weighted by molar-refractivity contribution is 0.0868. The molecule has 1 heterocycles. The summed E-state index contributed by atoms with van der Waals surface area (Å²) in [7, 11) is 1.77. The van der Waals surface area contributed by atoms with Gasteiger partial charge >= 0.3 is 0 Å². The fourth-order valence-electron chi connectivity index (χ4n) is 0.989. The molecule has 0 bridgehead atoms. The molecule has 0 aromatic carbocycles. The van der Waals surface area contributed by atoms with Crippen LogP contribution < -0.4 is 5.32 Å². The highest BCUT2D eigenvalue weighted by Crippen LogP contribution is 2.11. The van der Waals surface area contributed by atoms with Crippen molar-refractivity contribution < 1.29 is 9.90 Å². The lowest BCUT2D eigenvalue weighted by Gasteiger charge is -2.23. The lowest BCUT2D eigenvalue weighted by atomic mass is 10.1. The van der Waals surface area contributed by atoms with Crippen LogP contribution in [0.5, 0.6) is 0 Å². The van der Waals surface area contributed by atoms with Crippen molar-refractivity contribution in [2.24, 2.45) is 7.05 Å². The predicted octanol–water partition coefficient (Wildman–Crippen LogP) is 0.525. The van der Waals surface area contributed by atoms with Crippen LogP contribution >= 0.6 is 22.6 Å². The number of carbonyl (C=O) groups excluding carboxylic acids is 1. The van der Waals surface area contributed by atoms with Gasteiger partial charge in [-0.1, -0.05) is 0 Å². The number of aliphatic hydroxyl groups is 1. The van der Waals surface area contributed by atoms with Crippen molar-refractivity contribution in [3.05, 3.63) is 15.5 Å². The van der Waals surface area contributed by atoms with Gasteiger partial charge in [-0.2, -0.15) is 5.10 Å². The molecule has 0 atom stereocenters. The van der Waals surface area contributed by atoms with E-state index in [9.17, 15) is 4.79 Å². The summed E-state index contributed by atoms with van der Waals surface area (Å²) in [5, 5.41) is 15.7. The van der Waals surface area contributed by atoms with Crippen LogP contribution in [0.3, 0.4) is 0 Å². The molecule has 1 aromatic rings. The number of nitrogens with zero attached hydrogens (tertiary/aromatic N) is 2. The highest BCUT2D eigenvalue weighted by atomic mass is 127. The second-order valence-corrected chi connectivity index (χ2v) is 4.99. The maximum atomic E-state index is 11.8. The molecule has 0 fully saturated rings. The molecule has 1 aromatic heterocycles. The number of carbonyl (C=O) groups is 1. The molecule has 1 amide bonds. The Morgan fingerprint density at radius 2 is 2.33 bits per heavy atom. The molecule has 0 aliphatic rings. The van der Waals surface area contributed by atoms with Gasteiger partial charge in [0, 0.05) is 7.05 Å². The summed E-state index contributed by atoms with van der Waals surface area (Å²) in [4.78, 5) is 11.8. The Bertz CT molecular complexity index is 373. The highest BCUT2D eigenvalue weighted by molar-refractivity contribution is 14.1. The van der Waals surface area contributed by atoms with Gasteiger partial charge in [0.05, 0.1) is 23.9 Å². The normalized spacial score (nSPS) is 11.5. The number of aliphatic hydroxyl groups excluding tert-OH is 1. The third kappa shape index (κ3) is 2.91. The first-order chi connectivity index (χ1) is 6.87. The molecule has 15 heavy (non-hydrogen) atoms. The fraction of sp³-hybridized carbons (Fsp3) is 0.556. The number of aryl methyl sites for hydroxylation is 1. The Hall–Kier alpha value is -0.630. The minimum absolute atomic E-state index is 0.102. The van der Waals surface area contributed by atoms with E-state index in [2.05, 4.69) is 33.0 Å². The summed E-state index contributed by atoms with van der Waals surface area (Å²) >= 11 is 2.06. The van der Waals surface area contributed by atoms with Crippen LogP contribution in [-0.2, 0) is 7.05 Å². The molecule has 0 aliphatic carbocycles. The second-order valence-electron chi connectivity index (χ2n) is 3.97. The Balaban J connectivity index is 2.83. The van der Waals surface area contributed by atoms with Gasteiger partial charge in [0.2, 0.25) is 0 Å². The summed E-state index contributed by atoms with van der Waals surface area (Å²) in [6.45, 7) is 3.41. The van der Waals surface area contributed by atoms with Gasteiger partial charge in [-0.15, -0.1) is 0 Å². The zero-order valence-corrected chi connectivity index (χ0v) is 11.1. The Morgan fingerprint density at radius 1 is 1.73 bits per heavy atom. The van der Waals surface area contributed by atoms with Gasteiger partial charge in [0.15, 0.2) is 0 Å². The Labute approximate surface area is 102 Å². The molecule has 0 spiro atoms. The van der Waals surface area contributed by atoms with Crippen molar-refractivity contribution in [3.63, 3.8) is 0 Å². The molecule has 0 aliphatic heterocycles. The van der Waals surface area contributed by atoms with Crippen LogP contribution in [-0.4, -0.2) is 32.9 Å². The standard InChI is InChI=1S/C9H14IN3O2/c1-9(2,5-14)12-8(15)6-4-11-13(3)7(6)10/h4,14H,5H2,1-3H3,(H,12,15). The summed E-state index contributed by atoms with van der Waals surface area (Å²) in [5.41, 5.74) is -0.0876. The van der Waals surface area contributed by atoms with Crippen LogP contribution in [0.25, 0.3) is 0 Å². The van der Waals surface area contributed by atoms with E-state index in [1.807, 2.05) is 0 Å². The molecule has 6 heteroatoms. The largest absolute Gasteiger partial charge is 0.394 e. The van der Waals surface area contributed by atoms with Gasteiger partial charge in [-0.25, -0.2) is 0 Å². The van der Waals surface area contributed by atoms with Crippen molar-refractivity contribution in [2.45, 2.75) is 19.4 Å². The van der Waals surface area contributed by atoms with Crippen LogP contribution in [0.15, 0.2) is 6.20 Å². The van der Waals surface area contributed by atoms with E-state index in [1.54, 1.807) is 25.6 Å². The molecule has 0 saturated heterocycles. The molecule has 84 valence electrons. The van der Waals surface area contributed by atoms with E-state index in [0.717, 1.165) is 3.70 Å². The number of hydrogen-bond donors (Lipinski definition) is 2. The van der Waals surface area contributed by atoms with Crippen molar-refractivity contribution in [3.8, 4) is 0 Å². The van der Waals surface area contributed by atoms with E-state index in [0.29, 0.717) is 5.56 Å². The molecule has 0 radical (unpaired) electrons. The van der Waals surface area contributed by atoms with E-state index >= 15 is 0 Å². The summed E-state index contributed by atoms with van der Waals surface area (Å²) < 4.78 is 2.40. The number of rotatable bonds is 3. The number of amides is 1. The molecule has 1 rings (SSSR count). The van der Waals surface area contributed by atoms with Crippen LogP contribution in [0.4, 0.5) is 0 Å². The van der Waals surface area contributed by atoms with E-state index in [1.165, 1.54) is 6.20 Å². The van der Waals surface area contributed by atoms with Crippen LogP contribution in [0, 0.1) is 3.70 Å². The average molecular weight is 323 g/mol. The van der Waals surface area contributed by atoms with Crippen molar-refractivity contribution >= 4 is 28.5 Å². The molecular formula is C9H14IN3O2. The SMILES string of the molecule is Cn1ncc(C(=O)NC(C)(C)CO)c1I. The van der Waals surface area contributed by atoms with Crippen molar-refractivity contribution in [1.29, 1.82) is 0 Å². The maximum absolute atomic E-state index is 11.8. The zero-order chi connectivity index (χ0) is 11.6. The summed E-state index contributed by atoms with van der Waals surface area (Å²) in [5.74, 6) is -0.216. The molecule has 0 saturated carbocycles. The van der Waals surface area contributed by atoms with Crippen molar-refractivity contribution in [1.82, 2.24) is 15.1 Å². The third-order valence-corrected chi connectivity index (χ3v) is 3.24. The number of nitrogens with one attached hydrogen (secondary N) is 1. The quantitative estimate of drug-likeness (QED) is 0.797. The number of halogens is 1. The third-order valence-electron chi connectivity index (χ3n) is 1.96. The van der Waals surface area contributed by atoms with Crippen LogP contribution in [0.1, 0.15) is 24.2 Å².